The van der Waals surface area contributed by atoms with Crippen molar-refractivity contribution in [1.82, 2.24) is 0 Å². The number of carboxylic acids is 2. The number of aliphatic carboxylic acids is 2. The third-order valence-electron chi connectivity index (χ3n) is 1.89. The molecule has 0 aliphatic rings. The van der Waals surface area contributed by atoms with E-state index in [0.29, 0.717) is 0 Å². The number of rotatable bonds is 5. The van der Waals surface area contributed by atoms with Crippen LogP contribution in [0.4, 0.5) is 0 Å². The largest absolute Gasteiger partial charge is 1.00 e. The standard InChI is InChI=1S/C7H13NO5.Na.H/c1-5(9)8(2,3-6(10)11)4-7(12)13;;/h5,9H,3-4H2,1-2H3,(H-,10,11,12,13);;/q;+1;-1. The minimum atomic E-state index is -1.38. The Balaban J connectivity index is -0.000000720. The van der Waals surface area contributed by atoms with Crippen LogP contribution in [0.15, 0.2) is 0 Å². The predicted octanol–water partition coefficient (Wildman–Crippen LogP) is -5.28. The Morgan fingerprint density at radius 2 is 1.93 bits per heavy atom. The molecule has 2 atom stereocenters. The molecule has 0 spiro atoms. The average Bonchev–Trinajstić information content (AvgIpc) is 1.82. The fourth-order valence-corrected chi connectivity index (χ4v) is 0.924. The van der Waals surface area contributed by atoms with Crippen LogP contribution in [0.1, 0.15) is 8.35 Å². The van der Waals surface area contributed by atoms with Gasteiger partial charge in [-0.25, -0.2) is 4.79 Å². The second-order valence-electron chi connectivity index (χ2n) is 3.19. The number of nitrogens with zero attached hydrogens (tertiary/aromatic N) is 1. The molecular weight excluding hydrogens is 201 g/mol. The summed E-state index contributed by atoms with van der Waals surface area (Å²) in [5, 5.41) is 27.9. The number of quaternary nitrogens is 1. The summed E-state index contributed by atoms with van der Waals surface area (Å²) in [5.74, 6) is -2.55. The molecule has 0 aromatic carbocycles. The van der Waals surface area contributed by atoms with Gasteiger partial charge in [0.25, 0.3) is 0 Å². The molecule has 0 aliphatic heterocycles. The summed E-state index contributed by atoms with van der Waals surface area (Å²) in [6, 6.07) is 0. The van der Waals surface area contributed by atoms with Crippen LogP contribution >= 0.6 is 0 Å². The quantitative estimate of drug-likeness (QED) is 0.271. The van der Waals surface area contributed by atoms with E-state index in [1.54, 1.807) is 0 Å². The summed E-state index contributed by atoms with van der Waals surface area (Å²) >= 11 is 0. The summed E-state index contributed by atoms with van der Waals surface area (Å²) in [7, 11) is 1.34. The molecule has 0 aromatic rings. The van der Waals surface area contributed by atoms with Crippen LogP contribution in [0.25, 0.3) is 0 Å². The fourth-order valence-electron chi connectivity index (χ4n) is 0.924. The number of carbonyl (C=O) groups excluding carboxylic acids is 1. The minimum absolute atomic E-state index is 0. The topological polar surface area (TPSA) is 97.7 Å². The van der Waals surface area contributed by atoms with Crippen molar-refractivity contribution in [3.63, 3.8) is 0 Å². The van der Waals surface area contributed by atoms with Crippen molar-refractivity contribution in [1.29, 1.82) is 0 Å². The molecule has 0 saturated carbocycles. The summed E-state index contributed by atoms with van der Waals surface area (Å²) in [6.45, 7) is 0.363. The van der Waals surface area contributed by atoms with Crippen LogP contribution in [-0.4, -0.2) is 53.0 Å². The van der Waals surface area contributed by atoms with Gasteiger partial charge in [-0.2, -0.15) is 0 Å². The van der Waals surface area contributed by atoms with E-state index in [2.05, 4.69) is 0 Å². The number of carboxylic acid groups (broad SMARTS) is 2. The molecule has 0 heterocycles. The molecule has 0 amide bonds. The molecule has 0 bridgehead atoms. The van der Waals surface area contributed by atoms with Crippen LogP contribution in [0, 0.1) is 0 Å². The Labute approximate surface area is 106 Å². The average molecular weight is 215 g/mol. The van der Waals surface area contributed by atoms with Gasteiger partial charge in [0, 0.05) is 6.92 Å². The van der Waals surface area contributed by atoms with E-state index in [1.165, 1.54) is 14.0 Å². The first kappa shape index (κ1) is 16.3. The summed E-state index contributed by atoms with van der Waals surface area (Å²) in [5.41, 5.74) is 0. The molecule has 0 aromatic heterocycles. The maximum absolute atomic E-state index is 10.4. The van der Waals surface area contributed by atoms with E-state index >= 15 is 0 Å². The van der Waals surface area contributed by atoms with E-state index in [1.807, 2.05) is 0 Å². The van der Waals surface area contributed by atoms with Gasteiger partial charge in [-0.05, 0) is 0 Å². The molecule has 6 nitrogen and oxygen atoms in total. The zero-order chi connectivity index (χ0) is 10.6. The van der Waals surface area contributed by atoms with Crippen molar-refractivity contribution in [3.05, 3.63) is 0 Å². The molecule has 7 heteroatoms. The van der Waals surface area contributed by atoms with Gasteiger partial charge in [0.05, 0.1) is 13.0 Å². The van der Waals surface area contributed by atoms with E-state index < -0.39 is 35.7 Å². The van der Waals surface area contributed by atoms with Crippen LogP contribution in [-0.2, 0) is 9.59 Å². The van der Waals surface area contributed by atoms with E-state index in [9.17, 15) is 19.8 Å². The van der Waals surface area contributed by atoms with Gasteiger partial charge >= 0.3 is 35.5 Å². The molecule has 2 N–H and O–H groups in total. The van der Waals surface area contributed by atoms with E-state index in [4.69, 9.17) is 5.11 Å². The Kier molecular flexibility index (Phi) is 7.41. The molecule has 0 saturated heterocycles. The van der Waals surface area contributed by atoms with Crippen molar-refractivity contribution in [2.45, 2.75) is 13.2 Å². The molecule has 0 fully saturated rings. The third kappa shape index (κ3) is 5.56. The summed E-state index contributed by atoms with van der Waals surface area (Å²) in [6.07, 6.45) is -1.06. The van der Waals surface area contributed by atoms with Crippen molar-refractivity contribution in [2.24, 2.45) is 0 Å². The SMILES string of the molecule is CC(O)[N+](C)(CC(=O)[O-])CC(=O)O.[H-].[Na+]. The molecule has 0 aliphatic carbocycles. The van der Waals surface area contributed by atoms with Crippen molar-refractivity contribution < 1.29 is 60.4 Å². The molecule has 0 radical (unpaired) electrons. The van der Waals surface area contributed by atoms with E-state index in [0.717, 1.165) is 0 Å². The minimum Gasteiger partial charge on any atom is -1.00 e. The second kappa shape index (κ2) is 6.36. The molecule has 2 unspecified atom stereocenters. The van der Waals surface area contributed by atoms with Crippen molar-refractivity contribution in [2.75, 3.05) is 20.1 Å². The first-order chi connectivity index (χ1) is 5.78. The van der Waals surface area contributed by atoms with Crippen molar-refractivity contribution >= 4 is 11.9 Å². The number of aliphatic hydroxyl groups is 1. The first-order valence-electron chi connectivity index (χ1n) is 3.72. The summed E-state index contributed by atoms with van der Waals surface area (Å²) in [4.78, 5) is 20.6. The van der Waals surface area contributed by atoms with E-state index in [-0.39, 0.29) is 31.0 Å². The number of hydrogen-bond donors (Lipinski definition) is 2. The van der Waals surface area contributed by atoms with Gasteiger partial charge in [-0.1, -0.05) is 0 Å². The first-order valence-corrected chi connectivity index (χ1v) is 3.72. The van der Waals surface area contributed by atoms with Crippen molar-refractivity contribution in [3.8, 4) is 0 Å². The van der Waals surface area contributed by atoms with Crippen LogP contribution < -0.4 is 34.7 Å². The second-order valence-corrected chi connectivity index (χ2v) is 3.19. The summed E-state index contributed by atoms with van der Waals surface area (Å²) < 4.78 is -0.488. The van der Waals surface area contributed by atoms with Gasteiger partial charge in [-0.3, -0.25) is 4.48 Å². The molecular formula is C7H14NNaO5. The fraction of sp³-hybridized carbons (Fsp3) is 0.714. The molecule has 0 rings (SSSR count). The monoisotopic (exact) mass is 215 g/mol. The Morgan fingerprint density at radius 1 is 1.50 bits per heavy atom. The van der Waals surface area contributed by atoms with Gasteiger partial charge < -0.3 is 21.5 Å². The van der Waals surface area contributed by atoms with Gasteiger partial charge in [-0.15, -0.1) is 0 Å². The third-order valence-corrected chi connectivity index (χ3v) is 1.89. The van der Waals surface area contributed by atoms with Crippen LogP contribution in [0.2, 0.25) is 0 Å². The number of aliphatic hydroxyl groups excluding tert-OH is 1. The zero-order valence-electron chi connectivity index (χ0n) is 9.56. The van der Waals surface area contributed by atoms with Gasteiger partial charge in [0.2, 0.25) is 0 Å². The molecule has 78 valence electrons. The smallest absolute Gasteiger partial charge is 1.00 e. The Hall–Kier alpha value is -0.140. The maximum atomic E-state index is 10.4. The normalized spacial score (nSPS) is 16.2. The Morgan fingerprint density at radius 3 is 2.14 bits per heavy atom. The van der Waals surface area contributed by atoms with Crippen LogP contribution in [0.5, 0.6) is 0 Å². The van der Waals surface area contributed by atoms with Gasteiger partial charge in [0.15, 0.2) is 12.8 Å². The Bertz CT molecular complexity index is 207. The predicted molar refractivity (Wildman–Crippen MR) is 41.4 cm³/mol. The van der Waals surface area contributed by atoms with Crippen LogP contribution in [0.3, 0.4) is 0 Å². The molecule has 14 heavy (non-hydrogen) atoms. The number of likely N-dealkylation sites (N-methyl/N-ethyl adjacent to an activating group) is 1. The zero-order valence-corrected chi connectivity index (χ0v) is 10.6. The number of carbonyl (C=O) groups is 2. The number of hydrogen-bond acceptors (Lipinski definition) is 4. The maximum Gasteiger partial charge on any atom is 1.00 e. The van der Waals surface area contributed by atoms with Gasteiger partial charge in [0.1, 0.15) is 6.54 Å².